The largest absolute Gasteiger partial charge is 0.379 e. The van der Waals surface area contributed by atoms with Crippen molar-refractivity contribution in [1.29, 1.82) is 0 Å². The molecule has 2 aliphatic heterocycles. The van der Waals surface area contributed by atoms with Gasteiger partial charge in [0, 0.05) is 48.5 Å². The maximum Gasteiger partial charge on any atom is 0.233 e. The van der Waals surface area contributed by atoms with Crippen LogP contribution in [0.25, 0.3) is 0 Å². The highest BCUT2D eigenvalue weighted by Gasteiger charge is 2.18. The van der Waals surface area contributed by atoms with Crippen LogP contribution in [0.5, 0.6) is 0 Å². The Hall–Kier alpha value is -1.72. The fourth-order valence-corrected chi connectivity index (χ4v) is 3.73. The van der Waals surface area contributed by atoms with E-state index in [-0.39, 0.29) is 0 Å². The lowest BCUT2D eigenvalue weighted by atomic mass is 10.3. The molecule has 4 rings (SSSR count). The molecule has 0 atom stereocenters. The van der Waals surface area contributed by atoms with E-state index in [4.69, 9.17) is 4.74 Å². The van der Waals surface area contributed by atoms with Gasteiger partial charge in [0.15, 0.2) is 0 Å². The van der Waals surface area contributed by atoms with Gasteiger partial charge in [-0.05, 0) is 59.7 Å². The SMILES string of the molecule is Ic1ccc(Nc2nc(NCCN3CCOCC3)nc(N3CCCC3)n2)cc1. The van der Waals surface area contributed by atoms with Crippen molar-refractivity contribution >= 4 is 46.1 Å². The number of nitrogens with zero attached hydrogens (tertiary/aromatic N) is 5. The van der Waals surface area contributed by atoms with Crippen LogP contribution in [0, 0.1) is 3.57 Å². The van der Waals surface area contributed by atoms with E-state index in [9.17, 15) is 0 Å². The molecule has 0 amide bonds. The van der Waals surface area contributed by atoms with Gasteiger partial charge in [-0.25, -0.2) is 0 Å². The van der Waals surface area contributed by atoms with Gasteiger partial charge in [-0.2, -0.15) is 15.0 Å². The lowest BCUT2D eigenvalue weighted by Crippen LogP contribution is -2.39. The monoisotopic (exact) mass is 495 g/mol. The minimum atomic E-state index is 0.576. The molecule has 1 aromatic carbocycles. The molecule has 0 unspecified atom stereocenters. The number of morpholine rings is 1. The molecule has 2 aliphatic rings. The molecule has 0 radical (unpaired) electrons. The summed E-state index contributed by atoms with van der Waals surface area (Å²) in [7, 11) is 0. The third-order valence-electron chi connectivity index (χ3n) is 4.93. The average molecular weight is 495 g/mol. The normalized spacial score (nSPS) is 17.7. The number of halogens is 1. The molecule has 0 bridgehead atoms. The van der Waals surface area contributed by atoms with Gasteiger partial charge in [0.2, 0.25) is 17.8 Å². The van der Waals surface area contributed by atoms with Gasteiger partial charge in [0.1, 0.15) is 0 Å². The van der Waals surface area contributed by atoms with E-state index in [0.29, 0.717) is 11.9 Å². The van der Waals surface area contributed by atoms with Crippen LogP contribution in [0.1, 0.15) is 12.8 Å². The zero-order valence-corrected chi connectivity index (χ0v) is 18.1. The molecular formula is C19H26IN7O. The summed E-state index contributed by atoms with van der Waals surface area (Å²) in [6.07, 6.45) is 2.37. The van der Waals surface area contributed by atoms with Gasteiger partial charge < -0.3 is 20.3 Å². The summed E-state index contributed by atoms with van der Waals surface area (Å²) in [5, 5.41) is 6.69. The molecule has 0 spiro atoms. The van der Waals surface area contributed by atoms with Crippen LogP contribution in [0.2, 0.25) is 0 Å². The van der Waals surface area contributed by atoms with Crippen molar-refractivity contribution in [3.63, 3.8) is 0 Å². The Kier molecular flexibility index (Phi) is 6.76. The first-order valence-electron chi connectivity index (χ1n) is 9.84. The van der Waals surface area contributed by atoms with E-state index >= 15 is 0 Å². The highest BCUT2D eigenvalue weighted by atomic mass is 127. The summed E-state index contributed by atoms with van der Waals surface area (Å²) in [6.45, 7) is 7.35. The van der Waals surface area contributed by atoms with Gasteiger partial charge >= 0.3 is 0 Å². The molecule has 0 aliphatic carbocycles. The molecular weight excluding hydrogens is 469 g/mol. The zero-order valence-electron chi connectivity index (χ0n) is 15.9. The molecule has 2 fully saturated rings. The smallest absolute Gasteiger partial charge is 0.233 e. The number of hydrogen-bond acceptors (Lipinski definition) is 8. The highest BCUT2D eigenvalue weighted by molar-refractivity contribution is 14.1. The van der Waals surface area contributed by atoms with E-state index in [1.807, 2.05) is 12.1 Å². The average Bonchev–Trinajstić information content (AvgIpc) is 3.26. The maximum absolute atomic E-state index is 5.41. The van der Waals surface area contributed by atoms with Crippen LogP contribution >= 0.6 is 22.6 Å². The third-order valence-corrected chi connectivity index (χ3v) is 5.65. The molecule has 3 heterocycles. The maximum atomic E-state index is 5.41. The summed E-state index contributed by atoms with van der Waals surface area (Å²) >= 11 is 2.30. The van der Waals surface area contributed by atoms with Crippen molar-refractivity contribution in [3.05, 3.63) is 27.8 Å². The minimum absolute atomic E-state index is 0.576. The Morgan fingerprint density at radius 2 is 1.64 bits per heavy atom. The summed E-state index contributed by atoms with van der Waals surface area (Å²) in [5.41, 5.74) is 0.971. The second-order valence-corrected chi connectivity index (χ2v) is 8.24. The van der Waals surface area contributed by atoms with Gasteiger partial charge in [0.05, 0.1) is 13.2 Å². The molecule has 2 aromatic rings. The summed E-state index contributed by atoms with van der Waals surface area (Å²) < 4.78 is 6.60. The molecule has 2 N–H and O–H groups in total. The number of ether oxygens (including phenoxy) is 1. The second kappa shape index (κ2) is 9.66. The predicted octanol–water partition coefficient (Wildman–Crippen LogP) is 2.56. The summed E-state index contributed by atoms with van der Waals surface area (Å²) in [6, 6.07) is 8.19. The molecule has 0 saturated carbocycles. The molecule has 150 valence electrons. The van der Waals surface area contributed by atoms with Gasteiger partial charge in [-0.3, -0.25) is 4.90 Å². The van der Waals surface area contributed by atoms with Gasteiger partial charge in [-0.15, -0.1) is 0 Å². The van der Waals surface area contributed by atoms with E-state index in [1.54, 1.807) is 0 Å². The van der Waals surface area contributed by atoms with Crippen LogP contribution in [0.4, 0.5) is 23.5 Å². The predicted molar refractivity (Wildman–Crippen MR) is 119 cm³/mol. The second-order valence-electron chi connectivity index (χ2n) is 6.99. The Bertz CT molecular complexity index is 761. The number of aromatic nitrogens is 3. The fraction of sp³-hybridized carbons (Fsp3) is 0.526. The van der Waals surface area contributed by atoms with Crippen LogP contribution < -0.4 is 15.5 Å². The van der Waals surface area contributed by atoms with Crippen molar-refractivity contribution in [2.75, 3.05) is 68.0 Å². The Morgan fingerprint density at radius 1 is 0.929 bits per heavy atom. The number of hydrogen-bond donors (Lipinski definition) is 2. The summed E-state index contributed by atoms with van der Waals surface area (Å²) in [5.74, 6) is 1.94. The lowest BCUT2D eigenvalue weighted by Gasteiger charge is -2.26. The minimum Gasteiger partial charge on any atom is -0.379 e. The van der Waals surface area contributed by atoms with Crippen molar-refractivity contribution in [3.8, 4) is 0 Å². The van der Waals surface area contributed by atoms with Crippen LogP contribution in [0.15, 0.2) is 24.3 Å². The number of nitrogens with one attached hydrogen (secondary N) is 2. The first kappa shape index (κ1) is 19.6. The van der Waals surface area contributed by atoms with Crippen LogP contribution in [0.3, 0.4) is 0 Å². The Balaban J connectivity index is 1.45. The van der Waals surface area contributed by atoms with Crippen LogP contribution in [-0.2, 0) is 4.74 Å². The molecule has 9 heteroatoms. The standard InChI is InChI=1S/C19H26IN7O/c20-15-3-5-16(6-4-15)22-18-23-17(21-7-10-26-11-13-28-14-12-26)24-19(25-18)27-8-1-2-9-27/h3-6H,1-2,7-14H2,(H2,21,22,23,24,25). The van der Waals surface area contributed by atoms with Gasteiger partial charge in [-0.1, -0.05) is 0 Å². The van der Waals surface area contributed by atoms with E-state index < -0.39 is 0 Å². The van der Waals surface area contributed by atoms with E-state index in [2.05, 4.69) is 70.1 Å². The molecule has 2 saturated heterocycles. The first-order chi connectivity index (χ1) is 13.8. The summed E-state index contributed by atoms with van der Waals surface area (Å²) in [4.78, 5) is 18.5. The fourth-order valence-electron chi connectivity index (χ4n) is 3.37. The van der Waals surface area contributed by atoms with Crippen molar-refractivity contribution < 1.29 is 4.74 Å². The Morgan fingerprint density at radius 3 is 2.39 bits per heavy atom. The molecule has 1 aromatic heterocycles. The Labute approximate surface area is 179 Å². The quantitative estimate of drug-likeness (QED) is 0.568. The van der Waals surface area contributed by atoms with Crippen molar-refractivity contribution in [2.24, 2.45) is 0 Å². The zero-order chi connectivity index (χ0) is 19.2. The van der Waals surface area contributed by atoms with Gasteiger partial charge in [0.25, 0.3) is 0 Å². The lowest BCUT2D eigenvalue weighted by molar-refractivity contribution is 0.0398. The molecule has 28 heavy (non-hydrogen) atoms. The van der Waals surface area contributed by atoms with E-state index in [0.717, 1.165) is 64.1 Å². The number of rotatable bonds is 7. The number of benzene rings is 1. The van der Waals surface area contributed by atoms with Crippen LogP contribution in [-0.4, -0.2) is 72.3 Å². The highest BCUT2D eigenvalue weighted by Crippen LogP contribution is 2.21. The van der Waals surface area contributed by atoms with Crippen molar-refractivity contribution in [1.82, 2.24) is 19.9 Å². The number of anilines is 4. The van der Waals surface area contributed by atoms with Crippen molar-refractivity contribution in [2.45, 2.75) is 12.8 Å². The topological polar surface area (TPSA) is 78.4 Å². The first-order valence-corrected chi connectivity index (χ1v) is 10.9. The molecule has 8 nitrogen and oxygen atoms in total. The van der Waals surface area contributed by atoms with E-state index in [1.165, 1.54) is 16.4 Å². The third kappa shape index (κ3) is 5.42.